The van der Waals surface area contributed by atoms with Crippen LogP contribution in [-0.2, 0) is 16.8 Å². The van der Waals surface area contributed by atoms with Crippen molar-refractivity contribution in [3.05, 3.63) is 59.5 Å². The number of benzene rings is 1. The van der Waals surface area contributed by atoms with E-state index in [9.17, 15) is 9.59 Å². The first-order chi connectivity index (χ1) is 13.8. The van der Waals surface area contributed by atoms with E-state index >= 15 is 0 Å². The Morgan fingerprint density at radius 3 is 2.38 bits per heavy atom. The first-order valence-electron chi connectivity index (χ1n) is 10.2. The Balaban J connectivity index is 1.40. The van der Waals surface area contributed by atoms with Crippen molar-refractivity contribution in [2.75, 3.05) is 19.6 Å². The zero-order chi connectivity index (χ0) is 20.9. The third kappa shape index (κ3) is 6.19. The van der Waals surface area contributed by atoms with Gasteiger partial charge in [0, 0.05) is 24.7 Å². The number of hydrogen-bond acceptors (Lipinski definition) is 4. The predicted octanol–water partition coefficient (Wildman–Crippen LogP) is 3.09. The number of nitrogens with zero attached hydrogens (tertiary/aromatic N) is 1. The average molecular weight is 398 g/mol. The van der Waals surface area contributed by atoms with Crippen LogP contribution in [0.15, 0.2) is 47.1 Å². The van der Waals surface area contributed by atoms with Gasteiger partial charge < -0.3 is 15.1 Å². The minimum absolute atomic E-state index is 0.0113. The van der Waals surface area contributed by atoms with Gasteiger partial charge in [0.2, 0.25) is 5.91 Å². The fourth-order valence-corrected chi connectivity index (χ4v) is 3.48. The van der Waals surface area contributed by atoms with Crippen molar-refractivity contribution in [2.45, 2.75) is 51.6 Å². The second-order valence-corrected chi connectivity index (χ2v) is 8.71. The van der Waals surface area contributed by atoms with Crippen molar-refractivity contribution in [3.8, 4) is 0 Å². The summed E-state index contributed by atoms with van der Waals surface area (Å²) in [6.45, 7) is 8.85. The second kappa shape index (κ2) is 9.27. The summed E-state index contributed by atoms with van der Waals surface area (Å²) >= 11 is 0. The van der Waals surface area contributed by atoms with Crippen LogP contribution < -0.4 is 10.6 Å². The molecule has 29 heavy (non-hydrogen) atoms. The number of rotatable bonds is 6. The largest absolute Gasteiger partial charge is 0.467 e. The van der Waals surface area contributed by atoms with Crippen LogP contribution in [0.25, 0.3) is 0 Å². The van der Waals surface area contributed by atoms with Crippen molar-refractivity contribution < 1.29 is 14.0 Å². The summed E-state index contributed by atoms with van der Waals surface area (Å²) in [5.41, 5.74) is 1.98. The Morgan fingerprint density at radius 1 is 1.10 bits per heavy atom. The molecule has 1 aliphatic heterocycles. The van der Waals surface area contributed by atoms with E-state index < -0.39 is 0 Å². The summed E-state index contributed by atoms with van der Waals surface area (Å²) in [4.78, 5) is 26.7. The molecule has 2 amide bonds. The molecule has 0 saturated carbocycles. The summed E-state index contributed by atoms with van der Waals surface area (Å²) in [7, 11) is 0. The molecule has 0 aliphatic carbocycles. The zero-order valence-corrected chi connectivity index (χ0v) is 17.5. The highest BCUT2D eigenvalue weighted by molar-refractivity contribution is 5.94. The minimum atomic E-state index is -0.0277. The highest BCUT2D eigenvalue weighted by Gasteiger charge is 2.23. The third-order valence-corrected chi connectivity index (χ3v) is 5.34. The molecule has 0 atom stereocenters. The monoisotopic (exact) mass is 397 g/mol. The summed E-state index contributed by atoms with van der Waals surface area (Å²) in [5.74, 6) is 0.707. The van der Waals surface area contributed by atoms with Gasteiger partial charge in [-0.3, -0.25) is 14.5 Å². The van der Waals surface area contributed by atoms with Gasteiger partial charge in [0.05, 0.1) is 19.4 Å². The van der Waals surface area contributed by atoms with Gasteiger partial charge in [-0.1, -0.05) is 32.9 Å². The molecule has 0 bridgehead atoms. The Labute approximate surface area is 172 Å². The number of likely N-dealkylation sites (tertiary alicyclic amines) is 1. The Bertz CT molecular complexity index is 799. The number of carbonyl (C=O) groups excluding carboxylic acids is 2. The summed E-state index contributed by atoms with van der Waals surface area (Å²) < 4.78 is 5.22. The van der Waals surface area contributed by atoms with Crippen LogP contribution >= 0.6 is 0 Å². The van der Waals surface area contributed by atoms with Crippen LogP contribution in [0.3, 0.4) is 0 Å². The van der Waals surface area contributed by atoms with Crippen molar-refractivity contribution in [3.63, 3.8) is 0 Å². The number of carbonyl (C=O) groups is 2. The lowest BCUT2D eigenvalue weighted by Gasteiger charge is -2.31. The molecule has 1 fully saturated rings. The number of nitrogens with one attached hydrogen (secondary N) is 2. The summed E-state index contributed by atoms with van der Waals surface area (Å²) in [6.07, 6.45) is 3.29. The van der Waals surface area contributed by atoms with Crippen LogP contribution in [0.4, 0.5) is 0 Å². The molecule has 2 heterocycles. The van der Waals surface area contributed by atoms with Gasteiger partial charge in [0.1, 0.15) is 5.76 Å². The Morgan fingerprint density at radius 2 is 1.79 bits per heavy atom. The van der Waals surface area contributed by atoms with Gasteiger partial charge in [-0.15, -0.1) is 0 Å². The number of furan rings is 1. The molecule has 1 aromatic carbocycles. The van der Waals surface area contributed by atoms with Gasteiger partial charge in [-0.25, -0.2) is 0 Å². The molecule has 2 N–H and O–H groups in total. The highest BCUT2D eigenvalue weighted by Crippen LogP contribution is 2.22. The second-order valence-electron chi connectivity index (χ2n) is 8.71. The van der Waals surface area contributed by atoms with Crippen LogP contribution in [0.1, 0.15) is 55.3 Å². The van der Waals surface area contributed by atoms with Crippen molar-refractivity contribution in [1.82, 2.24) is 15.5 Å². The molecule has 6 nitrogen and oxygen atoms in total. The molecule has 1 saturated heterocycles. The quantitative estimate of drug-likeness (QED) is 0.786. The first kappa shape index (κ1) is 21.1. The van der Waals surface area contributed by atoms with E-state index in [4.69, 9.17) is 4.42 Å². The van der Waals surface area contributed by atoms with Crippen LogP contribution in [0.5, 0.6) is 0 Å². The molecule has 6 heteroatoms. The van der Waals surface area contributed by atoms with Crippen molar-refractivity contribution in [1.29, 1.82) is 0 Å². The molecule has 3 rings (SSSR count). The minimum Gasteiger partial charge on any atom is -0.467 e. The van der Waals surface area contributed by atoms with Gasteiger partial charge in [-0.05, 0) is 48.1 Å². The SMILES string of the molecule is CC(C)(C)c1ccc(C(=O)NC2CCN(CC(=O)NCc3ccco3)CC2)cc1. The number of hydrogen-bond donors (Lipinski definition) is 2. The Kier molecular flexibility index (Phi) is 6.75. The van der Waals surface area contributed by atoms with E-state index in [0.29, 0.717) is 18.7 Å². The van der Waals surface area contributed by atoms with Crippen LogP contribution in [0, 0.1) is 0 Å². The smallest absolute Gasteiger partial charge is 0.251 e. The molecule has 0 radical (unpaired) electrons. The summed E-state index contributed by atoms with van der Waals surface area (Å²) in [6, 6.07) is 11.6. The van der Waals surface area contributed by atoms with Crippen LogP contribution in [0.2, 0.25) is 0 Å². The lowest BCUT2D eigenvalue weighted by atomic mass is 9.86. The highest BCUT2D eigenvalue weighted by atomic mass is 16.3. The van der Waals surface area contributed by atoms with Gasteiger partial charge in [0.15, 0.2) is 0 Å². The molecule has 2 aromatic rings. The van der Waals surface area contributed by atoms with E-state index in [1.807, 2.05) is 30.3 Å². The Hall–Kier alpha value is -2.60. The fraction of sp³-hybridized carbons (Fsp3) is 0.478. The lowest BCUT2D eigenvalue weighted by molar-refractivity contribution is -0.122. The molecule has 0 unspecified atom stereocenters. The van der Waals surface area contributed by atoms with Crippen LogP contribution in [-0.4, -0.2) is 42.4 Å². The topological polar surface area (TPSA) is 74.6 Å². The molecule has 1 aromatic heterocycles. The third-order valence-electron chi connectivity index (χ3n) is 5.34. The maximum absolute atomic E-state index is 12.5. The van der Waals surface area contributed by atoms with Gasteiger partial charge in [-0.2, -0.15) is 0 Å². The molecule has 1 aliphatic rings. The molecule has 0 spiro atoms. The molecular formula is C23H31N3O3. The van der Waals surface area contributed by atoms with Crippen molar-refractivity contribution >= 4 is 11.8 Å². The van der Waals surface area contributed by atoms with Crippen molar-refractivity contribution in [2.24, 2.45) is 0 Å². The first-order valence-corrected chi connectivity index (χ1v) is 10.2. The van der Waals surface area contributed by atoms with E-state index in [1.54, 1.807) is 12.3 Å². The van der Waals surface area contributed by atoms with E-state index in [1.165, 1.54) is 5.56 Å². The van der Waals surface area contributed by atoms with E-state index in [0.717, 1.165) is 31.7 Å². The van der Waals surface area contributed by atoms with Gasteiger partial charge >= 0.3 is 0 Å². The van der Waals surface area contributed by atoms with E-state index in [2.05, 4.69) is 36.3 Å². The summed E-state index contributed by atoms with van der Waals surface area (Å²) in [5, 5.41) is 6.00. The van der Waals surface area contributed by atoms with Gasteiger partial charge in [0.25, 0.3) is 5.91 Å². The average Bonchev–Trinajstić information content (AvgIpc) is 3.21. The standard InChI is InChI=1S/C23H31N3O3/c1-23(2,3)18-8-6-17(7-9-18)22(28)25-19-10-12-26(13-11-19)16-21(27)24-15-20-5-4-14-29-20/h4-9,14,19H,10-13,15-16H2,1-3H3,(H,24,27)(H,25,28). The van der Waals surface area contributed by atoms with E-state index in [-0.39, 0.29) is 23.3 Å². The maximum atomic E-state index is 12.5. The normalized spacial score (nSPS) is 15.8. The molecular weight excluding hydrogens is 366 g/mol. The zero-order valence-electron chi connectivity index (χ0n) is 17.5. The maximum Gasteiger partial charge on any atom is 0.251 e. The predicted molar refractivity (Wildman–Crippen MR) is 113 cm³/mol. The lowest BCUT2D eigenvalue weighted by Crippen LogP contribution is -2.47. The number of piperidine rings is 1. The molecule has 156 valence electrons. The fourth-order valence-electron chi connectivity index (χ4n) is 3.48. The number of amides is 2.